The highest BCUT2D eigenvalue weighted by molar-refractivity contribution is 5.73. The molecular formula is C26H37NO4. The number of benzene rings is 2. The molecule has 0 heterocycles. The number of nitrogens with zero attached hydrogens (tertiary/aromatic N) is 1. The van der Waals surface area contributed by atoms with Crippen molar-refractivity contribution in [1.82, 2.24) is 4.90 Å². The molecular weight excluding hydrogens is 390 g/mol. The lowest BCUT2D eigenvalue weighted by molar-refractivity contribution is -0.129. The van der Waals surface area contributed by atoms with Crippen LogP contribution in [0.3, 0.4) is 0 Å². The van der Waals surface area contributed by atoms with E-state index >= 15 is 0 Å². The van der Waals surface area contributed by atoms with Crippen molar-refractivity contribution in [3.05, 3.63) is 51.6 Å². The topological polar surface area (TPSA) is 48.0 Å². The Hall–Kier alpha value is -2.69. The number of rotatable bonds is 9. The Balaban J connectivity index is 2.25. The third-order valence-electron chi connectivity index (χ3n) is 5.92. The highest BCUT2D eigenvalue weighted by Crippen LogP contribution is 2.38. The van der Waals surface area contributed by atoms with E-state index in [9.17, 15) is 4.79 Å². The Bertz CT molecular complexity index is 934. The molecule has 2 aromatic rings. The summed E-state index contributed by atoms with van der Waals surface area (Å²) in [7, 11) is 3.35. The van der Waals surface area contributed by atoms with Crippen molar-refractivity contribution < 1.29 is 19.0 Å². The average molecular weight is 428 g/mol. The number of hydrogen-bond acceptors (Lipinski definition) is 4. The van der Waals surface area contributed by atoms with Gasteiger partial charge in [0.1, 0.15) is 23.9 Å². The molecule has 0 atom stereocenters. The van der Waals surface area contributed by atoms with Crippen molar-refractivity contribution in [2.45, 2.75) is 60.9 Å². The lowest BCUT2D eigenvalue weighted by Crippen LogP contribution is -2.33. The van der Waals surface area contributed by atoms with Gasteiger partial charge in [0.2, 0.25) is 5.91 Å². The molecule has 1 amide bonds. The summed E-state index contributed by atoms with van der Waals surface area (Å²) in [5.74, 6) is 2.91. The van der Waals surface area contributed by atoms with Crippen LogP contribution < -0.4 is 14.2 Å². The first-order chi connectivity index (χ1) is 14.6. The fourth-order valence-electron chi connectivity index (χ4n) is 3.98. The maximum atomic E-state index is 12.4. The first-order valence-electron chi connectivity index (χ1n) is 10.8. The lowest BCUT2D eigenvalue weighted by atomic mass is 9.96. The summed E-state index contributed by atoms with van der Waals surface area (Å²) in [6.45, 7) is 15.4. The Labute approximate surface area is 187 Å². The van der Waals surface area contributed by atoms with E-state index < -0.39 is 0 Å². The van der Waals surface area contributed by atoms with E-state index in [0.717, 1.165) is 45.1 Å². The molecule has 0 radical (unpaired) electrons. The highest BCUT2D eigenvalue weighted by Gasteiger charge is 2.22. The van der Waals surface area contributed by atoms with E-state index in [4.69, 9.17) is 14.2 Å². The van der Waals surface area contributed by atoms with E-state index in [-0.39, 0.29) is 5.91 Å². The minimum Gasteiger partial charge on any atom is -0.496 e. The van der Waals surface area contributed by atoms with E-state index in [2.05, 4.69) is 39.0 Å². The Morgan fingerprint density at radius 3 is 2.13 bits per heavy atom. The Morgan fingerprint density at radius 1 is 0.968 bits per heavy atom. The standard InChI is InChI=1S/C26H37NO4/c1-16(2)22-11-10-17(3)14-24(22)31-13-12-27(21(7)28)15-23-20(6)25(29-8)18(4)19(5)26(23)30-9/h10-11,14,16H,12-13,15H2,1-9H3. The molecule has 0 spiro atoms. The van der Waals surface area contributed by atoms with Crippen LogP contribution in [0.5, 0.6) is 17.2 Å². The molecule has 0 bridgehead atoms. The molecule has 2 rings (SSSR count). The van der Waals surface area contributed by atoms with Gasteiger partial charge in [-0.1, -0.05) is 26.0 Å². The normalized spacial score (nSPS) is 10.9. The monoisotopic (exact) mass is 427 g/mol. The van der Waals surface area contributed by atoms with Crippen LogP contribution in [0, 0.1) is 27.7 Å². The molecule has 0 aromatic heterocycles. The smallest absolute Gasteiger partial charge is 0.219 e. The summed E-state index contributed by atoms with van der Waals surface area (Å²) < 4.78 is 17.5. The molecule has 0 aliphatic carbocycles. The number of ether oxygens (including phenoxy) is 3. The van der Waals surface area contributed by atoms with Crippen molar-refractivity contribution in [1.29, 1.82) is 0 Å². The van der Waals surface area contributed by atoms with Crippen molar-refractivity contribution in [3.63, 3.8) is 0 Å². The summed E-state index contributed by atoms with van der Waals surface area (Å²) >= 11 is 0. The van der Waals surface area contributed by atoms with Gasteiger partial charge >= 0.3 is 0 Å². The molecule has 0 fully saturated rings. The van der Waals surface area contributed by atoms with Crippen molar-refractivity contribution >= 4 is 5.91 Å². The van der Waals surface area contributed by atoms with Gasteiger partial charge in [0.25, 0.3) is 0 Å². The fraction of sp³-hybridized carbons (Fsp3) is 0.500. The van der Waals surface area contributed by atoms with Crippen molar-refractivity contribution in [2.24, 2.45) is 0 Å². The van der Waals surface area contributed by atoms with Gasteiger partial charge in [-0.2, -0.15) is 0 Å². The van der Waals surface area contributed by atoms with Crippen LogP contribution in [0.1, 0.15) is 60.1 Å². The third-order valence-corrected chi connectivity index (χ3v) is 5.92. The molecule has 31 heavy (non-hydrogen) atoms. The fourth-order valence-corrected chi connectivity index (χ4v) is 3.98. The molecule has 170 valence electrons. The predicted octanol–water partition coefficient (Wildman–Crippen LogP) is 5.49. The molecule has 0 saturated heterocycles. The zero-order valence-corrected chi connectivity index (χ0v) is 20.5. The van der Waals surface area contributed by atoms with Crippen LogP contribution in [0.15, 0.2) is 18.2 Å². The van der Waals surface area contributed by atoms with E-state index in [1.165, 1.54) is 5.56 Å². The molecule has 2 aromatic carbocycles. The van der Waals surface area contributed by atoms with E-state index in [1.807, 2.05) is 20.8 Å². The van der Waals surface area contributed by atoms with Crippen molar-refractivity contribution in [3.8, 4) is 17.2 Å². The summed E-state index contributed by atoms with van der Waals surface area (Å²) in [5, 5.41) is 0. The third kappa shape index (κ3) is 5.52. The van der Waals surface area contributed by atoms with Gasteiger partial charge in [0, 0.05) is 19.0 Å². The lowest BCUT2D eigenvalue weighted by Gasteiger charge is -2.26. The molecule has 5 nitrogen and oxygen atoms in total. The molecule has 0 aliphatic rings. The van der Waals surface area contributed by atoms with Gasteiger partial charge in [0.05, 0.1) is 20.8 Å². The number of hydrogen-bond donors (Lipinski definition) is 0. The van der Waals surface area contributed by atoms with Gasteiger partial charge in [0.15, 0.2) is 0 Å². The largest absolute Gasteiger partial charge is 0.496 e. The minimum absolute atomic E-state index is 0.00410. The summed E-state index contributed by atoms with van der Waals surface area (Å²) in [6.07, 6.45) is 0. The van der Waals surface area contributed by atoms with Gasteiger partial charge in [-0.05, 0) is 67.5 Å². The Morgan fingerprint density at radius 2 is 1.58 bits per heavy atom. The van der Waals surface area contributed by atoms with Gasteiger partial charge in [-0.15, -0.1) is 0 Å². The molecule has 5 heteroatoms. The molecule has 0 aliphatic heterocycles. The Kier molecular flexibility index (Phi) is 8.37. The van der Waals surface area contributed by atoms with Crippen LogP contribution in [-0.4, -0.2) is 38.2 Å². The first-order valence-corrected chi connectivity index (χ1v) is 10.8. The first kappa shape index (κ1) is 24.6. The van der Waals surface area contributed by atoms with E-state index in [0.29, 0.717) is 25.6 Å². The van der Waals surface area contributed by atoms with Crippen LogP contribution in [0.25, 0.3) is 0 Å². The van der Waals surface area contributed by atoms with Crippen LogP contribution in [0.4, 0.5) is 0 Å². The van der Waals surface area contributed by atoms with Crippen LogP contribution >= 0.6 is 0 Å². The summed E-state index contributed by atoms with van der Waals surface area (Å²) in [4.78, 5) is 14.2. The van der Waals surface area contributed by atoms with Crippen molar-refractivity contribution in [2.75, 3.05) is 27.4 Å². The summed E-state index contributed by atoms with van der Waals surface area (Å²) in [6, 6.07) is 6.29. The van der Waals surface area contributed by atoms with Gasteiger partial charge in [-0.25, -0.2) is 0 Å². The highest BCUT2D eigenvalue weighted by atomic mass is 16.5. The second-order valence-corrected chi connectivity index (χ2v) is 8.41. The number of methoxy groups -OCH3 is 2. The number of amides is 1. The van der Waals surface area contributed by atoms with Gasteiger partial charge < -0.3 is 19.1 Å². The predicted molar refractivity (Wildman–Crippen MR) is 126 cm³/mol. The zero-order valence-electron chi connectivity index (χ0n) is 20.5. The van der Waals surface area contributed by atoms with Gasteiger partial charge in [-0.3, -0.25) is 4.79 Å². The quantitative estimate of drug-likeness (QED) is 0.531. The van der Waals surface area contributed by atoms with Crippen LogP contribution in [0.2, 0.25) is 0 Å². The maximum absolute atomic E-state index is 12.4. The summed E-state index contributed by atoms with van der Waals surface area (Å²) in [5.41, 5.74) is 6.38. The number of carbonyl (C=O) groups excluding carboxylic acids is 1. The van der Waals surface area contributed by atoms with Crippen LogP contribution in [-0.2, 0) is 11.3 Å². The minimum atomic E-state index is -0.00410. The maximum Gasteiger partial charge on any atom is 0.219 e. The van der Waals surface area contributed by atoms with E-state index in [1.54, 1.807) is 26.0 Å². The molecule has 0 saturated carbocycles. The number of carbonyl (C=O) groups is 1. The number of aryl methyl sites for hydroxylation is 1. The second-order valence-electron chi connectivity index (χ2n) is 8.41. The second kappa shape index (κ2) is 10.6. The molecule has 0 N–H and O–H groups in total. The SMILES string of the molecule is COc1c(C)c(C)c(OC)c(CN(CCOc2cc(C)ccc2C(C)C)C(C)=O)c1C. The molecule has 0 unspecified atom stereocenters. The average Bonchev–Trinajstić information content (AvgIpc) is 2.71. The zero-order chi connectivity index (χ0) is 23.3.